The van der Waals surface area contributed by atoms with Crippen molar-refractivity contribution in [3.05, 3.63) is 71.8 Å². The largest absolute Gasteiger partial charge is 0.444 e. The van der Waals surface area contributed by atoms with Crippen LogP contribution in [0.1, 0.15) is 50.8 Å². The molecule has 6 N–H and O–H groups in total. The maximum Gasteiger partial charge on any atom is 0.410 e. The van der Waals surface area contributed by atoms with Crippen LogP contribution < -0.4 is 11.5 Å². The van der Waals surface area contributed by atoms with Gasteiger partial charge in [0.05, 0.1) is 16.5 Å². The summed E-state index contributed by atoms with van der Waals surface area (Å²) in [5.74, 6) is 0.470. The van der Waals surface area contributed by atoms with Crippen molar-refractivity contribution in [1.82, 2.24) is 9.80 Å². The molecule has 0 bridgehead atoms. The molecule has 1 heterocycles. The predicted octanol–water partition coefficient (Wildman–Crippen LogP) is 5.14. The minimum Gasteiger partial charge on any atom is -0.444 e. The number of benzene rings is 2. The number of nitrogens with zero attached hydrogens (tertiary/aromatic N) is 4. The van der Waals surface area contributed by atoms with E-state index in [9.17, 15) is 14.4 Å². The normalized spacial score (nSPS) is 15.1. The third kappa shape index (κ3) is 14.2. The molecule has 0 spiro atoms. The van der Waals surface area contributed by atoms with Gasteiger partial charge in [-0.05, 0) is 66.9 Å². The molecule has 2 aromatic rings. The molecular weight excluding hydrogens is 669 g/mol. The zero-order valence-electron chi connectivity index (χ0n) is 27.5. The van der Waals surface area contributed by atoms with Gasteiger partial charge in [-0.15, -0.1) is 0 Å². The fraction of sp³-hybridized carbons (Fsp3) is 0.424. The molecule has 1 saturated heterocycles. The standard InChI is InChI=1S/C33H44N8O4S3/c1-33(2,3)45-32(44)41-18-16-40(17-19-41)28(24-12-8-5-9-13-24)29(43)39-31(37)48-26(35)15-21-46-20-14-25(34)47-30(36)38-27(42)22-23-10-6-4-7-11-23/h4-13,28,34-35H,14-22H2,1-3H3,(H2,36,38,42)(H2,37,39,43). The van der Waals surface area contributed by atoms with Crippen LogP contribution in [-0.4, -0.2) is 91.4 Å². The highest BCUT2D eigenvalue weighted by molar-refractivity contribution is 8.26. The van der Waals surface area contributed by atoms with E-state index in [2.05, 4.69) is 9.98 Å². The van der Waals surface area contributed by atoms with Crippen molar-refractivity contribution in [3.8, 4) is 0 Å². The van der Waals surface area contributed by atoms with Gasteiger partial charge < -0.3 is 21.1 Å². The topological polar surface area (TPSA) is 191 Å². The summed E-state index contributed by atoms with van der Waals surface area (Å²) in [5.41, 5.74) is 13.0. The average molecular weight is 713 g/mol. The van der Waals surface area contributed by atoms with Gasteiger partial charge >= 0.3 is 6.09 Å². The highest BCUT2D eigenvalue weighted by Gasteiger charge is 2.33. The maximum absolute atomic E-state index is 13.5. The number of hydrogen-bond acceptors (Lipinski definition) is 10. The number of aliphatic imine (C=N–C) groups is 2. The lowest BCUT2D eigenvalue weighted by molar-refractivity contribution is -0.124. The van der Waals surface area contributed by atoms with E-state index in [1.807, 2.05) is 86.3 Å². The van der Waals surface area contributed by atoms with E-state index >= 15 is 0 Å². The van der Waals surface area contributed by atoms with Crippen LogP contribution in [0.2, 0.25) is 0 Å². The van der Waals surface area contributed by atoms with Gasteiger partial charge in [0.1, 0.15) is 11.6 Å². The summed E-state index contributed by atoms with van der Waals surface area (Å²) in [4.78, 5) is 49.8. The Bertz CT molecular complexity index is 1470. The second kappa shape index (κ2) is 19.4. The minimum absolute atomic E-state index is 0.00178. The molecule has 2 aromatic carbocycles. The number of piperazine rings is 1. The molecule has 1 aliphatic heterocycles. The van der Waals surface area contributed by atoms with Crippen LogP contribution >= 0.6 is 35.3 Å². The second-order valence-corrected chi connectivity index (χ2v) is 15.2. The molecule has 12 nitrogen and oxygen atoms in total. The molecule has 0 radical (unpaired) electrons. The first kappa shape index (κ1) is 38.8. The predicted molar refractivity (Wildman–Crippen MR) is 199 cm³/mol. The van der Waals surface area contributed by atoms with Crippen LogP contribution in [0.15, 0.2) is 70.6 Å². The fourth-order valence-corrected chi connectivity index (χ4v) is 6.92. The number of amidine groups is 2. The zero-order valence-corrected chi connectivity index (χ0v) is 30.0. The summed E-state index contributed by atoms with van der Waals surface area (Å²) >= 11 is 3.50. The SMILES string of the molecule is CC(C)(C)OC(=O)N1CCN(C(C(=O)N=C(N)SC(=N)CCSCCC(=N)SC(N)=NC(=O)Cc2ccccc2)c2ccccc2)CC1. The molecule has 1 aliphatic rings. The van der Waals surface area contributed by atoms with Crippen LogP contribution in [0.25, 0.3) is 0 Å². The lowest BCUT2D eigenvalue weighted by atomic mass is 10.0. The molecule has 3 amide bonds. The number of ether oxygens (including phenoxy) is 1. The van der Waals surface area contributed by atoms with Crippen molar-refractivity contribution in [1.29, 1.82) is 10.8 Å². The van der Waals surface area contributed by atoms with Gasteiger partial charge in [0.25, 0.3) is 11.8 Å². The molecule has 0 saturated carbocycles. The van der Waals surface area contributed by atoms with E-state index in [-0.39, 0.29) is 33.8 Å². The number of carbonyl (C=O) groups is 3. The van der Waals surface area contributed by atoms with Crippen molar-refractivity contribution >= 4 is 73.6 Å². The summed E-state index contributed by atoms with van der Waals surface area (Å²) in [6.07, 6.45) is 0.649. The van der Waals surface area contributed by atoms with E-state index in [0.717, 1.165) is 34.7 Å². The third-order valence-corrected chi connectivity index (χ3v) is 9.22. The Labute approximate surface area is 294 Å². The Balaban J connectivity index is 1.42. The highest BCUT2D eigenvalue weighted by atomic mass is 32.2. The molecule has 3 rings (SSSR count). The molecule has 0 aromatic heterocycles. The van der Waals surface area contributed by atoms with Crippen molar-refractivity contribution in [2.45, 2.75) is 51.7 Å². The molecule has 1 unspecified atom stereocenters. The molecule has 15 heteroatoms. The van der Waals surface area contributed by atoms with Gasteiger partial charge in [0.15, 0.2) is 10.3 Å². The van der Waals surface area contributed by atoms with E-state index in [1.165, 1.54) is 0 Å². The summed E-state index contributed by atoms with van der Waals surface area (Å²) < 4.78 is 5.50. The molecule has 1 atom stereocenters. The van der Waals surface area contributed by atoms with Crippen LogP contribution in [0, 0.1) is 10.8 Å². The van der Waals surface area contributed by atoms with Crippen molar-refractivity contribution in [2.24, 2.45) is 21.5 Å². The Hall–Kier alpha value is -3.66. The van der Waals surface area contributed by atoms with Crippen LogP contribution in [0.3, 0.4) is 0 Å². The molecule has 1 fully saturated rings. The number of nitrogens with two attached hydrogens (primary N) is 2. The summed E-state index contributed by atoms with van der Waals surface area (Å²) in [6, 6.07) is 17.9. The lowest BCUT2D eigenvalue weighted by Gasteiger charge is -2.38. The smallest absolute Gasteiger partial charge is 0.410 e. The summed E-state index contributed by atoms with van der Waals surface area (Å²) in [5, 5.41) is 17.1. The quantitative estimate of drug-likeness (QED) is 0.138. The van der Waals surface area contributed by atoms with Gasteiger partial charge in [0, 0.05) is 39.0 Å². The Morgan fingerprint density at radius 1 is 0.833 bits per heavy atom. The summed E-state index contributed by atoms with van der Waals surface area (Å²) in [7, 11) is 0. The Morgan fingerprint density at radius 2 is 1.35 bits per heavy atom. The van der Waals surface area contributed by atoms with Crippen LogP contribution in [0.4, 0.5) is 4.79 Å². The molecular formula is C33H44N8O4S3. The van der Waals surface area contributed by atoms with Crippen LogP contribution in [0.5, 0.6) is 0 Å². The van der Waals surface area contributed by atoms with Gasteiger partial charge in [-0.25, -0.2) is 4.79 Å². The monoisotopic (exact) mass is 712 g/mol. The number of rotatable bonds is 11. The second-order valence-electron chi connectivity index (χ2n) is 11.8. The molecule has 48 heavy (non-hydrogen) atoms. The summed E-state index contributed by atoms with van der Waals surface area (Å²) in [6.45, 7) is 7.22. The van der Waals surface area contributed by atoms with E-state index < -0.39 is 17.6 Å². The first-order chi connectivity index (χ1) is 22.8. The van der Waals surface area contributed by atoms with Gasteiger partial charge in [0.2, 0.25) is 0 Å². The molecule has 0 aliphatic carbocycles. The highest BCUT2D eigenvalue weighted by Crippen LogP contribution is 2.25. The first-order valence-corrected chi connectivity index (χ1v) is 18.2. The minimum atomic E-state index is -0.676. The van der Waals surface area contributed by atoms with E-state index in [1.54, 1.807) is 16.7 Å². The molecule has 258 valence electrons. The van der Waals surface area contributed by atoms with E-state index in [4.69, 9.17) is 27.0 Å². The van der Waals surface area contributed by atoms with Crippen molar-refractivity contribution < 1.29 is 19.1 Å². The van der Waals surface area contributed by atoms with Crippen LogP contribution in [-0.2, 0) is 20.7 Å². The third-order valence-electron chi connectivity index (χ3n) is 6.74. The average Bonchev–Trinajstić information content (AvgIpc) is 3.01. The number of carbonyl (C=O) groups excluding carboxylic acids is 3. The van der Waals surface area contributed by atoms with Crippen molar-refractivity contribution in [3.63, 3.8) is 0 Å². The maximum atomic E-state index is 13.5. The first-order valence-electron chi connectivity index (χ1n) is 15.4. The number of hydrogen-bond donors (Lipinski definition) is 4. The number of thioether (sulfide) groups is 3. The number of nitrogens with one attached hydrogen (secondary N) is 2. The fourth-order valence-electron chi connectivity index (χ4n) is 4.57. The lowest BCUT2D eigenvalue weighted by Crippen LogP contribution is -2.51. The van der Waals surface area contributed by atoms with Crippen molar-refractivity contribution in [2.75, 3.05) is 37.7 Å². The number of amides is 3. The Morgan fingerprint density at radius 3 is 1.90 bits per heavy atom. The zero-order chi connectivity index (χ0) is 35.1. The van der Waals surface area contributed by atoms with Gasteiger partial charge in [-0.2, -0.15) is 21.7 Å². The van der Waals surface area contributed by atoms with E-state index in [0.29, 0.717) is 55.6 Å². The van der Waals surface area contributed by atoms with Gasteiger partial charge in [-0.1, -0.05) is 60.7 Å². The van der Waals surface area contributed by atoms with Gasteiger partial charge in [-0.3, -0.25) is 25.3 Å². The Kier molecular flexibility index (Phi) is 15.6.